The number of hydrogen-bond donors (Lipinski definition) is 2. The number of hydrogen-bond acceptors (Lipinski definition) is 4. The first-order valence-corrected chi connectivity index (χ1v) is 6.37. The first kappa shape index (κ1) is 11.4. The lowest BCUT2D eigenvalue weighted by Crippen LogP contribution is -2.14. The van der Waals surface area contributed by atoms with Crippen molar-refractivity contribution >= 4 is 21.7 Å². The van der Waals surface area contributed by atoms with Crippen molar-refractivity contribution in [2.45, 2.75) is 4.90 Å². The van der Waals surface area contributed by atoms with Crippen molar-refractivity contribution in [3.8, 4) is 0 Å². The first-order valence-electron chi connectivity index (χ1n) is 4.88. The molecule has 0 amide bonds. The molecule has 1 heterocycles. The molecule has 3 N–H and O–H groups in total. The van der Waals surface area contributed by atoms with Crippen molar-refractivity contribution in [2.24, 2.45) is 0 Å². The third-order valence-electron chi connectivity index (χ3n) is 2.06. The number of benzene rings is 1. The molecule has 0 aliphatic heterocycles. The molecule has 5 nitrogen and oxygen atoms in total. The number of aromatic nitrogens is 1. The highest BCUT2D eigenvalue weighted by molar-refractivity contribution is 7.92. The van der Waals surface area contributed by atoms with E-state index in [2.05, 4.69) is 9.71 Å². The van der Waals surface area contributed by atoms with Crippen LogP contribution in [0.25, 0.3) is 0 Å². The molecule has 17 heavy (non-hydrogen) atoms. The summed E-state index contributed by atoms with van der Waals surface area (Å²) >= 11 is 0. The Labute approximate surface area is 99.4 Å². The summed E-state index contributed by atoms with van der Waals surface area (Å²) in [6, 6.07) is 12.8. The maximum Gasteiger partial charge on any atom is 0.263 e. The topological polar surface area (TPSA) is 85.1 Å². The first-order chi connectivity index (χ1) is 8.08. The van der Waals surface area contributed by atoms with E-state index in [0.29, 0.717) is 0 Å². The van der Waals surface area contributed by atoms with Gasteiger partial charge >= 0.3 is 0 Å². The summed E-state index contributed by atoms with van der Waals surface area (Å²) in [6.45, 7) is 0. The molecule has 0 saturated heterocycles. The van der Waals surface area contributed by atoms with Gasteiger partial charge in [-0.25, -0.2) is 13.4 Å². The predicted molar refractivity (Wildman–Crippen MR) is 65.9 cm³/mol. The summed E-state index contributed by atoms with van der Waals surface area (Å²) in [5, 5.41) is 0. The quantitative estimate of drug-likeness (QED) is 0.862. The van der Waals surface area contributed by atoms with Crippen molar-refractivity contribution in [3.05, 3.63) is 48.5 Å². The highest BCUT2D eigenvalue weighted by Gasteiger charge is 2.13. The van der Waals surface area contributed by atoms with Crippen LogP contribution in [0.15, 0.2) is 53.4 Å². The maximum atomic E-state index is 11.9. The van der Waals surface area contributed by atoms with Gasteiger partial charge in [0.15, 0.2) is 0 Å². The molecule has 6 heteroatoms. The van der Waals surface area contributed by atoms with Crippen LogP contribution in [0.5, 0.6) is 0 Å². The van der Waals surface area contributed by atoms with Crippen LogP contribution in [-0.2, 0) is 10.0 Å². The predicted octanol–water partition coefficient (Wildman–Crippen LogP) is 1.46. The standard InChI is InChI=1S/C11H11N3O2S/c12-10-7-4-8-11(13-10)14-17(15,16)9-5-2-1-3-6-9/h1-8H,(H3,12,13,14). The van der Waals surface area contributed by atoms with Gasteiger partial charge in [0, 0.05) is 0 Å². The number of pyridine rings is 1. The molecule has 2 aromatic rings. The summed E-state index contributed by atoms with van der Waals surface area (Å²) in [5.41, 5.74) is 5.47. The molecule has 0 atom stereocenters. The molecule has 0 unspecified atom stereocenters. The molecule has 1 aromatic heterocycles. The van der Waals surface area contributed by atoms with Gasteiger partial charge in [-0.15, -0.1) is 0 Å². The lowest BCUT2D eigenvalue weighted by Gasteiger charge is -2.07. The van der Waals surface area contributed by atoms with Crippen molar-refractivity contribution in [1.29, 1.82) is 0 Å². The van der Waals surface area contributed by atoms with Gasteiger partial charge in [-0.2, -0.15) is 0 Å². The minimum Gasteiger partial charge on any atom is -0.384 e. The highest BCUT2D eigenvalue weighted by Crippen LogP contribution is 2.14. The van der Waals surface area contributed by atoms with Crippen LogP contribution in [0.2, 0.25) is 0 Å². The zero-order valence-corrected chi connectivity index (χ0v) is 9.68. The fraction of sp³-hybridized carbons (Fsp3) is 0. The number of rotatable bonds is 3. The Hall–Kier alpha value is -2.08. The van der Waals surface area contributed by atoms with E-state index in [-0.39, 0.29) is 16.5 Å². The Balaban J connectivity index is 2.30. The Kier molecular flexibility index (Phi) is 2.97. The summed E-state index contributed by atoms with van der Waals surface area (Å²) in [5.74, 6) is 0.465. The average Bonchev–Trinajstić information content (AvgIpc) is 2.29. The monoisotopic (exact) mass is 249 g/mol. The Bertz CT molecular complexity index is 612. The van der Waals surface area contributed by atoms with Crippen LogP contribution in [0.4, 0.5) is 11.6 Å². The third kappa shape index (κ3) is 2.73. The van der Waals surface area contributed by atoms with Crippen LogP contribution in [0.3, 0.4) is 0 Å². The smallest absolute Gasteiger partial charge is 0.263 e. The van der Waals surface area contributed by atoms with Gasteiger partial charge in [0.05, 0.1) is 4.90 Å². The van der Waals surface area contributed by atoms with E-state index in [1.54, 1.807) is 30.3 Å². The van der Waals surface area contributed by atoms with Crippen LogP contribution in [0, 0.1) is 0 Å². The van der Waals surface area contributed by atoms with Gasteiger partial charge in [0.25, 0.3) is 10.0 Å². The average molecular weight is 249 g/mol. The summed E-state index contributed by atoms with van der Waals surface area (Å²) < 4.78 is 26.2. The number of anilines is 2. The molecule has 0 bridgehead atoms. The summed E-state index contributed by atoms with van der Waals surface area (Å²) in [4.78, 5) is 4.06. The highest BCUT2D eigenvalue weighted by atomic mass is 32.2. The van der Waals surface area contributed by atoms with Crippen LogP contribution < -0.4 is 10.5 Å². The molecule has 2 rings (SSSR count). The van der Waals surface area contributed by atoms with Gasteiger partial charge in [0.1, 0.15) is 11.6 Å². The molecule has 0 aliphatic carbocycles. The molecular formula is C11H11N3O2S. The van der Waals surface area contributed by atoms with E-state index in [9.17, 15) is 8.42 Å². The Morgan fingerprint density at radius 2 is 1.71 bits per heavy atom. The fourth-order valence-corrected chi connectivity index (χ4v) is 2.33. The minimum atomic E-state index is -3.60. The number of nitrogens with two attached hydrogens (primary N) is 1. The molecule has 0 fully saturated rings. The number of nitrogens with zero attached hydrogens (tertiary/aromatic N) is 1. The molecule has 0 aliphatic rings. The summed E-state index contributed by atoms with van der Waals surface area (Å²) in [6.07, 6.45) is 0. The number of sulfonamides is 1. The molecule has 88 valence electrons. The zero-order valence-electron chi connectivity index (χ0n) is 8.87. The van der Waals surface area contributed by atoms with E-state index in [1.165, 1.54) is 18.2 Å². The van der Waals surface area contributed by atoms with Crippen molar-refractivity contribution in [3.63, 3.8) is 0 Å². The SMILES string of the molecule is Nc1cccc(NS(=O)(=O)c2ccccc2)n1. The largest absolute Gasteiger partial charge is 0.384 e. The fourth-order valence-electron chi connectivity index (χ4n) is 1.30. The zero-order chi connectivity index (χ0) is 12.3. The normalized spacial score (nSPS) is 11.1. The number of nitrogens with one attached hydrogen (secondary N) is 1. The molecular weight excluding hydrogens is 238 g/mol. The van der Waals surface area contributed by atoms with Crippen molar-refractivity contribution in [2.75, 3.05) is 10.5 Å². The van der Waals surface area contributed by atoms with Crippen LogP contribution in [0.1, 0.15) is 0 Å². The van der Waals surface area contributed by atoms with Gasteiger partial charge in [0.2, 0.25) is 0 Å². The second-order valence-electron chi connectivity index (χ2n) is 3.37. The van der Waals surface area contributed by atoms with Crippen LogP contribution >= 0.6 is 0 Å². The summed E-state index contributed by atoms with van der Waals surface area (Å²) in [7, 11) is -3.60. The van der Waals surface area contributed by atoms with E-state index in [4.69, 9.17) is 5.73 Å². The molecule has 0 saturated carbocycles. The second kappa shape index (κ2) is 4.42. The Morgan fingerprint density at radius 1 is 1.00 bits per heavy atom. The lowest BCUT2D eigenvalue weighted by atomic mass is 10.4. The van der Waals surface area contributed by atoms with Gasteiger partial charge in [-0.3, -0.25) is 4.72 Å². The van der Waals surface area contributed by atoms with E-state index in [0.717, 1.165) is 0 Å². The van der Waals surface area contributed by atoms with Crippen molar-refractivity contribution < 1.29 is 8.42 Å². The van der Waals surface area contributed by atoms with Gasteiger partial charge < -0.3 is 5.73 Å². The van der Waals surface area contributed by atoms with Crippen molar-refractivity contribution in [1.82, 2.24) is 4.98 Å². The molecule has 0 spiro atoms. The van der Waals surface area contributed by atoms with E-state index >= 15 is 0 Å². The Morgan fingerprint density at radius 3 is 2.35 bits per heavy atom. The lowest BCUT2D eigenvalue weighted by molar-refractivity contribution is 0.601. The van der Waals surface area contributed by atoms with Crippen LogP contribution in [-0.4, -0.2) is 13.4 Å². The maximum absolute atomic E-state index is 11.9. The molecule has 0 radical (unpaired) electrons. The van der Waals surface area contributed by atoms with Gasteiger partial charge in [-0.05, 0) is 24.3 Å². The van der Waals surface area contributed by atoms with E-state index in [1.807, 2.05) is 0 Å². The van der Waals surface area contributed by atoms with E-state index < -0.39 is 10.0 Å². The number of nitrogen functional groups attached to an aromatic ring is 1. The van der Waals surface area contributed by atoms with Gasteiger partial charge in [-0.1, -0.05) is 24.3 Å². The second-order valence-corrected chi connectivity index (χ2v) is 5.05. The molecule has 1 aromatic carbocycles. The third-order valence-corrected chi connectivity index (χ3v) is 3.43. The minimum absolute atomic E-state index is 0.184.